The van der Waals surface area contributed by atoms with Gasteiger partial charge in [-0.1, -0.05) is 18.2 Å². The van der Waals surface area contributed by atoms with Crippen LogP contribution in [0.15, 0.2) is 29.3 Å². The number of benzene rings is 1. The number of nitrogens with zero attached hydrogens (tertiary/aromatic N) is 1. The highest BCUT2D eigenvalue weighted by Crippen LogP contribution is 2.18. The molecule has 1 aromatic rings. The molecule has 0 saturated heterocycles. The Morgan fingerprint density at radius 3 is 2.50 bits per heavy atom. The highest BCUT2D eigenvalue weighted by molar-refractivity contribution is 14.0. The van der Waals surface area contributed by atoms with Crippen molar-refractivity contribution in [2.75, 3.05) is 32.0 Å². The lowest BCUT2D eigenvalue weighted by Crippen LogP contribution is -2.38. The van der Waals surface area contributed by atoms with Gasteiger partial charge in [-0.15, -0.1) is 24.0 Å². The van der Waals surface area contributed by atoms with Gasteiger partial charge in [0.2, 0.25) is 10.0 Å². The first-order chi connectivity index (χ1) is 12.0. The van der Waals surface area contributed by atoms with E-state index in [0.717, 1.165) is 17.9 Å². The molecule has 0 aliphatic rings. The van der Waals surface area contributed by atoms with Gasteiger partial charge in [-0.25, -0.2) is 18.1 Å². The molecular weight excluding hydrogens is 467 g/mol. The second kappa shape index (κ2) is 14.0. The maximum absolute atomic E-state index is 11.4. The molecule has 0 heterocycles. The smallest absolute Gasteiger partial charge is 0.211 e. The fraction of sp³-hybridized carbons (Fsp3) is 0.588. The Morgan fingerprint density at radius 2 is 1.85 bits per heavy atom. The number of para-hydroxylation sites is 1. The van der Waals surface area contributed by atoms with Crippen LogP contribution in [0.1, 0.15) is 32.8 Å². The number of hydrogen-bond donors (Lipinski definition) is 3. The van der Waals surface area contributed by atoms with E-state index in [0.29, 0.717) is 38.6 Å². The Morgan fingerprint density at radius 1 is 1.12 bits per heavy atom. The van der Waals surface area contributed by atoms with E-state index in [9.17, 15) is 8.42 Å². The molecule has 0 amide bonds. The number of rotatable bonds is 11. The van der Waals surface area contributed by atoms with Crippen LogP contribution in [0.25, 0.3) is 0 Å². The van der Waals surface area contributed by atoms with E-state index in [1.807, 2.05) is 38.1 Å². The third-order valence-corrected chi connectivity index (χ3v) is 4.78. The summed E-state index contributed by atoms with van der Waals surface area (Å²) < 4.78 is 30.9. The predicted octanol–water partition coefficient (Wildman–Crippen LogP) is 2.09. The topological polar surface area (TPSA) is 91.8 Å². The molecule has 0 unspecified atom stereocenters. The molecule has 0 radical (unpaired) electrons. The zero-order chi connectivity index (χ0) is 18.5. The lowest BCUT2D eigenvalue weighted by Gasteiger charge is -2.12. The average molecular weight is 498 g/mol. The summed E-state index contributed by atoms with van der Waals surface area (Å²) >= 11 is 0. The van der Waals surface area contributed by atoms with Crippen LogP contribution >= 0.6 is 24.0 Å². The van der Waals surface area contributed by atoms with Crippen LogP contribution in [0.3, 0.4) is 0 Å². The van der Waals surface area contributed by atoms with Crippen LogP contribution in [0.5, 0.6) is 5.75 Å². The van der Waals surface area contributed by atoms with E-state index in [2.05, 4.69) is 20.3 Å². The summed E-state index contributed by atoms with van der Waals surface area (Å²) in [5.41, 5.74) is 1.03. The number of aliphatic imine (C=N–C) groups is 1. The number of hydrogen-bond acceptors (Lipinski definition) is 4. The molecule has 7 nitrogen and oxygen atoms in total. The molecule has 150 valence electrons. The third kappa shape index (κ3) is 10.2. The number of guanidine groups is 1. The Kier molecular flexibility index (Phi) is 13.5. The van der Waals surface area contributed by atoms with E-state index < -0.39 is 10.0 Å². The predicted molar refractivity (Wildman–Crippen MR) is 118 cm³/mol. The van der Waals surface area contributed by atoms with Gasteiger partial charge < -0.3 is 15.4 Å². The summed E-state index contributed by atoms with van der Waals surface area (Å²) in [7, 11) is -3.12. The average Bonchev–Trinajstić information content (AvgIpc) is 2.60. The highest BCUT2D eigenvalue weighted by atomic mass is 127. The maximum Gasteiger partial charge on any atom is 0.211 e. The normalized spacial score (nSPS) is 11.6. The standard InChI is InChI=1S/C17H30N4O3S.HI/c1-4-18-17(19-12-9-13-21-25(22,23)6-3)20-14-15-10-7-8-11-16(15)24-5-2;/h7-8,10-11,21H,4-6,9,12-14H2,1-3H3,(H2,18,19,20);1H. The van der Waals surface area contributed by atoms with E-state index in [4.69, 9.17) is 4.74 Å². The Balaban J connectivity index is 0.00000625. The van der Waals surface area contributed by atoms with Gasteiger partial charge in [0.05, 0.1) is 18.9 Å². The van der Waals surface area contributed by atoms with Crippen molar-refractivity contribution in [1.82, 2.24) is 15.4 Å². The van der Waals surface area contributed by atoms with E-state index in [-0.39, 0.29) is 29.7 Å². The molecule has 0 spiro atoms. The zero-order valence-corrected chi connectivity index (χ0v) is 18.9. The molecule has 3 N–H and O–H groups in total. The third-order valence-electron chi connectivity index (χ3n) is 3.37. The van der Waals surface area contributed by atoms with Crippen molar-refractivity contribution in [3.8, 4) is 5.75 Å². The van der Waals surface area contributed by atoms with Gasteiger partial charge >= 0.3 is 0 Å². The van der Waals surface area contributed by atoms with Gasteiger partial charge in [0.15, 0.2) is 5.96 Å². The minimum Gasteiger partial charge on any atom is -0.494 e. The largest absolute Gasteiger partial charge is 0.494 e. The van der Waals surface area contributed by atoms with Crippen LogP contribution in [-0.4, -0.2) is 46.4 Å². The summed E-state index contributed by atoms with van der Waals surface area (Å²) in [5, 5.41) is 6.39. The molecule has 1 aromatic carbocycles. The first-order valence-electron chi connectivity index (χ1n) is 8.72. The second-order valence-corrected chi connectivity index (χ2v) is 7.41. The lowest BCUT2D eigenvalue weighted by molar-refractivity contribution is 0.336. The summed E-state index contributed by atoms with van der Waals surface area (Å²) in [6.45, 7) is 8.50. The molecule has 26 heavy (non-hydrogen) atoms. The van der Waals surface area contributed by atoms with Crippen molar-refractivity contribution in [3.05, 3.63) is 29.8 Å². The summed E-state index contributed by atoms with van der Waals surface area (Å²) in [6, 6.07) is 7.85. The summed E-state index contributed by atoms with van der Waals surface area (Å²) in [5.74, 6) is 1.65. The van der Waals surface area contributed by atoms with Crippen molar-refractivity contribution in [1.29, 1.82) is 0 Å². The molecule has 0 aliphatic carbocycles. The molecule has 9 heteroatoms. The van der Waals surface area contributed by atoms with E-state index in [1.54, 1.807) is 6.92 Å². The van der Waals surface area contributed by atoms with Crippen molar-refractivity contribution in [2.24, 2.45) is 4.99 Å². The minimum absolute atomic E-state index is 0. The van der Waals surface area contributed by atoms with Gasteiger partial charge in [0, 0.05) is 25.2 Å². The first kappa shape index (κ1) is 24.9. The molecule has 0 atom stereocenters. The van der Waals surface area contributed by atoms with Crippen molar-refractivity contribution < 1.29 is 13.2 Å². The number of nitrogens with one attached hydrogen (secondary N) is 3. The SMILES string of the molecule is CCNC(=NCc1ccccc1OCC)NCCCNS(=O)(=O)CC.I. The van der Waals surface area contributed by atoms with Crippen LogP contribution in [0, 0.1) is 0 Å². The highest BCUT2D eigenvalue weighted by Gasteiger charge is 2.05. The summed E-state index contributed by atoms with van der Waals surface area (Å²) in [4.78, 5) is 4.56. The quantitative estimate of drug-likeness (QED) is 0.188. The van der Waals surface area contributed by atoms with E-state index in [1.165, 1.54) is 0 Å². The first-order valence-corrected chi connectivity index (χ1v) is 10.4. The van der Waals surface area contributed by atoms with Gasteiger partial charge in [-0.05, 0) is 33.3 Å². The molecule has 0 aliphatic heterocycles. The lowest BCUT2D eigenvalue weighted by atomic mass is 10.2. The number of sulfonamides is 1. The zero-order valence-electron chi connectivity index (χ0n) is 15.7. The molecule has 0 fully saturated rings. The molecule has 0 saturated carbocycles. The monoisotopic (exact) mass is 498 g/mol. The van der Waals surface area contributed by atoms with Crippen molar-refractivity contribution >= 4 is 40.0 Å². The minimum atomic E-state index is -3.12. The van der Waals surface area contributed by atoms with Crippen LogP contribution in [0.2, 0.25) is 0 Å². The fourth-order valence-corrected chi connectivity index (χ4v) is 2.72. The van der Waals surface area contributed by atoms with Gasteiger partial charge in [-0.2, -0.15) is 0 Å². The maximum atomic E-state index is 11.4. The molecule has 1 rings (SSSR count). The van der Waals surface area contributed by atoms with Crippen molar-refractivity contribution in [3.63, 3.8) is 0 Å². The molecule has 0 bridgehead atoms. The molecule has 0 aromatic heterocycles. The van der Waals surface area contributed by atoms with Crippen LogP contribution in [0.4, 0.5) is 0 Å². The second-order valence-electron chi connectivity index (χ2n) is 5.31. The van der Waals surface area contributed by atoms with Gasteiger partial charge in [-0.3, -0.25) is 0 Å². The van der Waals surface area contributed by atoms with Crippen LogP contribution in [-0.2, 0) is 16.6 Å². The Hall–Kier alpha value is -1.07. The van der Waals surface area contributed by atoms with Gasteiger partial charge in [0.1, 0.15) is 5.75 Å². The number of ether oxygens (including phenoxy) is 1. The van der Waals surface area contributed by atoms with Crippen molar-refractivity contribution in [2.45, 2.75) is 33.7 Å². The Labute approximate surface area is 174 Å². The molecular formula is C17H31IN4O3S. The number of halogens is 1. The fourth-order valence-electron chi connectivity index (χ4n) is 2.06. The van der Waals surface area contributed by atoms with E-state index >= 15 is 0 Å². The Bertz CT molecular complexity index is 639. The van der Waals surface area contributed by atoms with Crippen LogP contribution < -0.4 is 20.1 Å². The van der Waals surface area contributed by atoms with Gasteiger partial charge in [0.25, 0.3) is 0 Å². The summed E-state index contributed by atoms with van der Waals surface area (Å²) in [6.07, 6.45) is 0.680.